The molecule has 0 radical (unpaired) electrons. The second kappa shape index (κ2) is 13.8. The van der Waals surface area contributed by atoms with Gasteiger partial charge < -0.3 is 4.57 Å². The molecule has 252 valence electrons. The van der Waals surface area contributed by atoms with Crippen LogP contribution in [0.1, 0.15) is 66.6 Å². The summed E-state index contributed by atoms with van der Waals surface area (Å²) >= 11 is 1.85. The van der Waals surface area contributed by atoms with Gasteiger partial charge in [0.15, 0.2) is 0 Å². The molecule has 0 saturated carbocycles. The molecule has 2 aliphatic carbocycles. The van der Waals surface area contributed by atoms with Gasteiger partial charge in [-0.05, 0) is 120 Å². The molecule has 2 nitrogen and oxygen atoms in total. The summed E-state index contributed by atoms with van der Waals surface area (Å²) in [7, 11) is 0. The summed E-state index contributed by atoms with van der Waals surface area (Å²) in [6, 6.07) is 44.3. The quantitative estimate of drug-likeness (QED) is 0.170. The zero-order valence-corrected chi connectivity index (χ0v) is 30.5. The molecule has 6 aromatic rings. The van der Waals surface area contributed by atoms with Crippen LogP contribution >= 0.6 is 11.8 Å². The van der Waals surface area contributed by atoms with Crippen molar-refractivity contribution in [2.45, 2.75) is 44.4 Å². The fraction of sp³-hybridized carbons (Fsp3) is 0.122. The first-order valence-corrected chi connectivity index (χ1v) is 19.2. The van der Waals surface area contributed by atoms with Crippen molar-refractivity contribution in [3.8, 4) is 16.8 Å². The van der Waals surface area contributed by atoms with Crippen LogP contribution < -0.4 is 0 Å². The Hall–Kier alpha value is -5.64. The Morgan fingerprint density at radius 1 is 0.712 bits per heavy atom. The molecule has 0 atom stereocenters. The second-order valence-corrected chi connectivity index (χ2v) is 14.7. The largest absolute Gasteiger partial charge is 0.310 e. The van der Waals surface area contributed by atoms with Gasteiger partial charge in [0.2, 0.25) is 0 Å². The number of rotatable bonds is 6. The van der Waals surface area contributed by atoms with Crippen LogP contribution in [0.5, 0.6) is 0 Å². The lowest BCUT2D eigenvalue weighted by atomic mass is 9.95. The van der Waals surface area contributed by atoms with E-state index < -0.39 is 0 Å². The molecule has 0 fully saturated rings. The molecule has 9 rings (SSSR count). The summed E-state index contributed by atoms with van der Waals surface area (Å²) in [5.41, 5.74) is 17.0. The summed E-state index contributed by atoms with van der Waals surface area (Å²) in [5.74, 6) is 0. The molecule has 1 aliphatic heterocycles. The fourth-order valence-electron chi connectivity index (χ4n) is 7.83. The molecule has 0 bridgehead atoms. The highest BCUT2D eigenvalue weighted by atomic mass is 32.2. The van der Waals surface area contributed by atoms with E-state index in [2.05, 4.69) is 176 Å². The topological polar surface area (TPSA) is 17.3 Å². The van der Waals surface area contributed by atoms with Crippen molar-refractivity contribution < 1.29 is 0 Å². The van der Waals surface area contributed by atoms with Crippen molar-refractivity contribution in [2.75, 3.05) is 0 Å². The third-order valence-corrected chi connectivity index (χ3v) is 11.8. The highest BCUT2D eigenvalue weighted by Gasteiger charge is 2.28. The van der Waals surface area contributed by atoms with Crippen LogP contribution in [0, 0.1) is 0 Å². The van der Waals surface area contributed by atoms with E-state index in [0.717, 1.165) is 42.7 Å². The Morgan fingerprint density at radius 3 is 2.37 bits per heavy atom. The molecule has 1 aromatic heterocycles. The first-order chi connectivity index (χ1) is 25.7. The molecule has 0 saturated heterocycles. The molecule has 5 aromatic carbocycles. The van der Waals surface area contributed by atoms with E-state index >= 15 is 0 Å². The van der Waals surface area contributed by atoms with Gasteiger partial charge in [-0.3, -0.25) is 0 Å². The molecule has 52 heavy (non-hydrogen) atoms. The summed E-state index contributed by atoms with van der Waals surface area (Å²) in [6.07, 6.45) is 18.0. The van der Waals surface area contributed by atoms with E-state index in [1.165, 1.54) is 76.6 Å². The van der Waals surface area contributed by atoms with E-state index in [1.807, 2.05) is 11.8 Å². The Morgan fingerprint density at radius 2 is 1.50 bits per heavy atom. The van der Waals surface area contributed by atoms with Gasteiger partial charge in [0, 0.05) is 32.1 Å². The second-order valence-electron chi connectivity index (χ2n) is 13.7. The number of thioether (sulfide) groups is 1. The number of hydrogen-bond acceptors (Lipinski definition) is 2. The first kappa shape index (κ1) is 32.3. The van der Waals surface area contributed by atoms with E-state index in [0.29, 0.717) is 0 Å². The van der Waals surface area contributed by atoms with Gasteiger partial charge in [-0.25, -0.2) is 4.99 Å². The Kier molecular flexibility index (Phi) is 8.58. The molecule has 0 amide bonds. The normalized spacial score (nSPS) is 17.0. The molecule has 0 spiro atoms. The lowest BCUT2D eigenvalue weighted by molar-refractivity contribution is 0.968. The van der Waals surface area contributed by atoms with Crippen LogP contribution in [0.15, 0.2) is 167 Å². The van der Waals surface area contributed by atoms with E-state index in [4.69, 9.17) is 4.99 Å². The fourth-order valence-corrected chi connectivity index (χ4v) is 9.04. The molecule has 2 heterocycles. The minimum absolute atomic E-state index is 0.980. The Bertz CT molecular complexity index is 2550. The zero-order chi connectivity index (χ0) is 35.0. The maximum absolute atomic E-state index is 5.43. The van der Waals surface area contributed by atoms with Crippen molar-refractivity contribution in [3.05, 3.63) is 190 Å². The van der Waals surface area contributed by atoms with Gasteiger partial charge >= 0.3 is 0 Å². The molecule has 0 unspecified atom stereocenters. The summed E-state index contributed by atoms with van der Waals surface area (Å²) < 4.78 is 2.44. The van der Waals surface area contributed by atoms with Gasteiger partial charge in [-0.2, -0.15) is 0 Å². The SMILES string of the molecule is C/C=C(/N=C1\C(=C(/C)c2cccc(C3=CCCC=C3)c2)Sc2cc(-c3cccc(-n4c5c(c6ccccc64)CCC=C5)c3)ccc21)c1ccccc1. The lowest BCUT2D eigenvalue weighted by Gasteiger charge is -2.13. The highest BCUT2D eigenvalue weighted by molar-refractivity contribution is 8.05. The van der Waals surface area contributed by atoms with Crippen molar-refractivity contribution in [2.24, 2.45) is 4.99 Å². The zero-order valence-electron chi connectivity index (χ0n) is 29.6. The van der Waals surface area contributed by atoms with Crippen LogP contribution in [-0.2, 0) is 6.42 Å². The lowest BCUT2D eigenvalue weighted by Crippen LogP contribution is -2.01. The van der Waals surface area contributed by atoms with Crippen molar-refractivity contribution >= 4 is 51.3 Å². The minimum Gasteiger partial charge on any atom is -0.310 e. The summed E-state index contributed by atoms with van der Waals surface area (Å²) in [5, 5.41) is 1.36. The molecule has 3 heteroatoms. The van der Waals surface area contributed by atoms with E-state index in [1.54, 1.807) is 0 Å². The average Bonchev–Trinajstić information content (AvgIpc) is 3.75. The average molecular weight is 689 g/mol. The maximum atomic E-state index is 5.43. The number of benzene rings is 5. The van der Waals surface area contributed by atoms with Crippen LogP contribution in [0.2, 0.25) is 0 Å². The monoisotopic (exact) mass is 688 g/mol. The van der Waals surface area contributed by atoms with Gasteiger partial charge in [0.05, 0.1) is 16.9 Å². The van der Waals surface area contributed by atoms with Gasteiger partial charge in [-0.15, -0.1) is 0 Å². The Balaban J connectivity index is 1.15. The smallest absolute Gasteiger partial charge is 0.0862 e. The predicted octanol–water partition coefficient (Wildman–Crippen LogP) is 13.4. The third-order valence-electron chi connectivity index (χ3n) is 10.5. The maximum Gasteiger partial charge on any atom is 0.0862 e. The number of fused-ring (bicyclic) bond motifs is 4. The van der Waals surface area contributed by atoms with Crippen molar-refractivity contribution in [1.29, 1.82) is 0 Å². The van der Waals surface area contributed by atoms with E-state index in [9.17, 15) is 0 Å². The number of allylic oxidation sites excluding steroid dienone is 8. The predicted molar refractivity (Wildman–Crippen MR) is 224 cm³/mol. The first-order valence-electron chi connectivity index (χ1n) is 18.4. The third kappa shape index (κ3) is 5.85. The number of hydrogen-bond donors (Lipinski definition) is 0. The van der Waals surface area contributed by atoms with Crippen LogP contribution in [0.4, 0.5) is 0 Å². The number of aryl methyl sites for hydroxylation is 1. The standard InChI is InChI=1S/C49H40N2S/c1-3-44(35-18-8-5-9-19-35)50-48-43-29-28-39(32-47(43)52-49(48)33(2)36-20-14-21-37(30-36)34-16-6-4-7-17-34)38-22-15-23-40(31-38)51-45-26-12-10-24-41(45)42-25-11-13-27-46(42)51/h3,5-6,8-10,12-24,26-32H,4,7,11,25H2,1-2H3/b44-3+,49-33-,50-48-. The number of para-hydroxylation sites is 1. The van der Waals surface area contributed by atoms with Gasteiger partial charge in [-0.1, -0.05) is 133 Å². The van der Waals surface area contributed by atoms with Crippen LogP contribution in [0.3, 0.4) is 0 Å². The minimum atomic E-state index is 0.980. The summed E-state index contributed by atoms with van der Waals surface area (Å²) in [6.45, 7) is 4.34. The molecule has 0 N–H and O–H groups in total. The van der Waals surface area contributed by atoms with Crippen molar-refractivity contribution in [1.82, 2.24) is 4.57 Å². The molecular formula is C49H40N2S. The molecule has 3 aliphatic rings. The Labute approximate surface area is 311 Å². The number of nitrogens with zero attached hydrogens (tertiary/aromatic N) is 2. The number of aromatic nitrogens is 1. The van der Waals surface area contributed by atoms with Gasteiger partial charge in [0.1, 0.15) is 0 Å². The highest BCUT2D eigenvalue weighted by Crippen LogP contribution is 2.47. The van der Waals surface area contributed by atoms with E-state index in [-0.39, 0.29) is 0 Å². The van der Waals surface area contributed by atoms with Gasteiger partial charge in [0.25, 0.3) is 0 Å². The molecular weight excluding hydrogens is 649 g/mol. The summed E-state index contributed by atoms with van der Waals surface area (Å²) in [4.78, 5) is 7.88. The van der Waals surface area contributed by atoms with Crippen LogP contribution in [0.25, 0.3) is 50.6 Å². The number of aliphatic imine (C=N–C) groups is 1. The van der Waals surface area contributed by atoms with Crippen LogP contribution in [-0.4, -0.2) is 10.3 Å². The van der Waals surface area contributed by atoms with Crippen molar-refractivity contribution in [3.63, 3.8) is 0 Å².